The summed E-state index contributed by atoms with van der Waals surface area (Å²) in [6.07, 6.45) is 0.928. The molecule has 0 bridgehead atoms. The van der Waals surface area contributed by atoms with Crippen molar-refractivity contribution in [2.24, 2.45) is 0 Å². The number of morpholine rings is 1. The number of fused-ring (bicyclic) bond motifs is 1. The van der Waals surface area contributed by atoms with Crippen molar-refractivity contribution in [3.05, 3.63) is 95.1 Å². The number of hydrogen-bond acceptors (Lipinski definition) is 4. The molecular formula is C29H32ClNO4. The fourth-order valence-corrected chi connectivity index (χ4v) is 5.00. The number of nitrogens with one attached hydrogen (secondary N) is 1. The standard InChI is InChI=1S/C29H31NO4.ClH/c1-31-27-13-12-22(19-28(27)32-2)29-25(20-30-14-16-33-17-15-30)24(18-21-8-4-3-5-9-21)23-10-6-7-11-26(23)34-29;/h3-13,19,24H,14-18,20H2,1-2H3;1H. The minimum Gasteiger partial charge on any atom is -1.00 e. The van der Waals surface area contributed by atoms with Crippen molar-refractivity contribution in [3.8, 4) is 17.2 Å². The Hall–Kier alpha value is -2.99. The molecule has 1 fully saturated rings. The van der Waals surface area contributed by atoms with Gasteiger partial charge in [-0.1, -0.05) is 48.5 Å². The van der Waals surface area contributed by atoms with Crippen LogP contribution < -0.4 is 31.5 Å². The number of ether oxygens (including phenoxy) is 4. The molecule has 0 aromatic heterocycles. The Morgan fingerprint density at radius 1 is 0.857 bits per heavy atom. The topological polar surface area (TPSA) is 41.4 Å². The molecule has 2 aliphatic rings. The largest absolute Gasteiger partial charge is 1.00 e. The van der Waals surface area contributed by atoms with Crippen LogP contribution in [0.5, 0.6) is 17.2 Å². The third kappa shape index (κ3) is 5.48. The SMILES string of the molecule is COc1ccc(C2=C(C[NH+]3CCOCC3)C(Cc3ccccc3)c3ccccc3O2)cc1OC.[Cl-]. The molecule has 0 spiro atoms. The predicted molar refractivity (Wildman–Crippen MR) is 133 cm³/mol. The fourth-order valence-electron chi connectivity index (χ4n) is 5.00. The molecular weight excluding hydrogens is 462 g/mol. The van der Waals surface area contributed by atoms with Crippen LogP contribution in [0.3, 0.4) is 0 Å². The first-order valence-corrected chi connectivity index (χ1v) is 11.9. The van der Waals surface area contributed by atoms with Gasteiger partial charge in [0, 0.05) is 22.6 Å². The van der Waals surface area contributed by atoms with E-state index in [1.807, 2.05) is 18.2 Å². The van der Waals surface area contributed by atoms with Crippen LogP contribution >= 0.6 is 0 Å². The number of methoxy groups -OCH3 is 2. The van der Waals surface area contributed by atoms with Crippen molar-refractivity contribution >= 4 is 5.76 Å². The highest BCUT2D eigenvalue weighted by atomic mass is 35.5. The summed E-state index contributed by atoms with van der Waals surface area (Å²) in [5.74, 6) is 3.50. The molecule has 1 unspecified atom stereocenters. The highest BCUT2D eigenvalue weighted by Gasteiger charge is 2.33. The van der Waals surface area contributed by atoms with Crippen molar-refractivity contribution in [2.45, 2.75) is 12.3 Å². The van der Waals surface area contributed by atoms with Gasteiger partial charge in [0.25, 0.3) is 0 Å². The number of halogens is 1. The summed E-state index contributed by atoms with van der Waals surface area (Å²) in [6.45, 7) is 4.52. The van der Waals surface area contributed by atoms with Gasteiger partial charge in [0.1, 0.15) is 31.1 Å². The molecule has 2 heterocycles. The molecule has 1 N–H and O–H groups in total. The molecule has 1 atom stereocenters. The summed E-state index contributed by atoms with van der Waals surface area (Å²) in [5.41, 5.74) is 4.91. The minimum absolute atomic E-state index is 0. The van der Waals surface area contributed by atoms with E-state index in [9.17, 15) is 0 Å². The molecule has 2 aliphatic heterocycles. The van der Waals surface area contributed by atoms with Gasteiger partial charge in [-0.15, -0.1) is 0 Å². The molecule has 3 aromatic rings. The maximum absolute atomic E-state index is 6.65. The van der Waals surface area contributed by atoms with Crippen LogP contribution in [0.1, 0.15) is 22.6 Å². The molecule has 5 nitrogen and oxygen atoms in total. The predicted octanol–water partition coefficient (Wildman–Crippen LogP) is 0.753. The van der Waals surface area contributed by atoms with Crippen LogP contribution in [0.25, 0.3) is 5.76 Å². The van der Waals surface area contributed by atoms with Gasteiger partial charge in [-0.25, -0.2) is 0 Å². The summed E-state index contributed by atoms with van der Waals surface area (Å²) in [5, 5.41) is 0. The lowest BCUT2D eigenvalue weighted by Gasteiger charge is -2.34. The fraction of sp³-hybridized carbons (Fsp3) is 0.310. The second-order valence-corrected chi connectivity index (χ2v) is 8.85. The van der Waals surface area contributed by atoms with Crippen molar-refractivity contribution in [1.82, 2.24) is 0 Å². The molecule has 184 valence electrons. The lowest BCUT2D eigenvalue weighted by Crippen LogP contribution is -3.14. The average Bonchev–Trinajstić information content (AvgIpc) is 2.90. The molecule has 0 aliphatic carbocycles. The summed E-state index contributed by atoms with van der Waals surface area (Å²) in [6, 6.07) is 25.2. The van der Waals surface area contributed by atoms with Gasteiger partial charge in [0.2, 0.25) is 0 Å². The minimum atomic E-state index is 0. The molecule has 35 heavy (non-hydrogen) atoms. The molecule has 1 saturated heterocycles. The van der Waals surface area contributed by atoms with Crippen LogP contribution in [-0.2, 0) is 11.2 Å². The van der Waals surface area contributed by atoms with Gasteiger partial charge in [0.05, 0.1) is 27.4 Å². The maximum Gasteiger partial charge on any atom is 0.161 e. The van der Waals surface area contributed by atoms with Gasteiger partial charge in [-0.05, 0) is 36.2 Å². The highest BCUT2D eigenvalue weighted by Crippen LogP contribution is 2.44. The Balaban J connectivity index is 0.00000289. The van der Waals surface area contributed by atoms with E-state index >= 15 is 0 Å². The summed E-state index contributed by atoms with van der Waals surface area (Å²) in [4.78, 5) is 1.53. The Morgan fingerprint density at radius 2 is 1.57 bits per heavy atom. The molecule has 6 heteroatoms. The summed E-state index contributed by atoms with van der Waals surface area (Å²) < 4.78 is 23.4. The van der Waals surface area contributed by atoms with E-state index in [1.165, 1.54) is 21.6 Å². The average molecular weight is 494 g/mol. The van der Waals surface area contributed by atoms with Crippen molar-refractivity contribution in [2.75, 3.05) is 47.1 Å². The van der Waals surface area contributed by atoms with E-state index in [1.54, 1.807) is 14.2 Å². The molecule has 0 radical (unpaired) electrons. The molecule has 5 rings (SSSR count). The number of benzene rings is 3. The van der Waals surface area contributed by atoms with E-state index in [0.29, 0.717) is 11.5 Å². The number of hydrogen-bond donors (Lipinski definition) is 1. The summed E-state index contributed by atoms with van der Waals surface area (Å²) in [7, 11) is 3.33. The Bertz CT molecular complexity index is 1160. The van der Waals surface area contributed by atoms with Crippen molar-refractivity contribution in [1.29, 1.82) is 0 Å². The summed E-state index contributed by atoms with van der Waals surface area (Å²) >= 11 is 0. The van der Waals surface area contributed by atoms with Crippen LogP contribution in [-0.4, -0.2) is 47.1 Å². The van der Waals surface area contributed by atoms with Gasteiger partial charge in [0.15, 0.2) is 11.5 Å². The van der Waals surface area contributed by atoms with E-state index in [0.717, 1.165) is 56.3 Å². The van der Waals surface area contributed by atoms with E-state index in [4.69, 9.17) is 18.9 Å². The maximum atomic E-state index is 6.65. The first kappa shape index (κ1) is 25.1. The molecule has 0 amide bonds. The molecule has 0 saturated carbocycles. The first-order valence-electron chi connectivity index (χ1n) is 11.9. The van der Waals surface area contributed by atoms with E-state index < -0.39 is 0 Å². The third-order valence-electron chi connectivity index (χ3n) is 6.79. The van der Waals surface area contributed by atoms with Crippen molar-refractivity contribution < 1.29 is 36.3 Å². The van der Waals surface area contributed by atoms with Gasteiger partial charge >= 0.3 is 0 Å². The highest BCUT2D eigenvalue weighted by molar-refractivity contribution is 5.72. The van der Waals surface area contributed by atoms with E-state index in [2.05, 4.69) is 54.6 Å². The van der Waals surface area contributed by atoms with Crippen LogP contribution in [0.2, 0.25) is 0 Å². The number of quaternary nitrogens is 1. The monoisotopic (exact) mass is 493 g/mol. The normalized spacial score (nSPS) is 17.7. The zero-order chi connectivity index (χ0) is 23.3. The smallest absolute Gasteiger partial charge is 0.161 e. The van der Waals surface area contributed by atoms with Crippen molar-refractivity contribution in [3.63, 3.8) is 0 Å². The Labute approximate surface area is 213 Å². The quantitative estimate of drug-likeness (QED) is 0.527. The number of rotatable bonds is 7. The second-order valence-electron chi connectivity index (χ2n) is 8.85. The first-order chi connectivity index (χ1) is 16.8. The van der Waals surface area contributed by atoms with Crippen LogP contribution in [0, 0.1) is 0 Å². The van der Waals surface area contributed by atoms with E-state index in [-0.39, 0.29) is 18.3 Å². The van der Waals surface area contributed by atoms with Gasteiger partial charge in [-0.3, -0.25) is 0 Å². The zero-order valence-electron chi connectivity index (χ0n) is 20.3. The lowest BCUT2D eigenvalue weighted by molar-refractivity contribution is -0.903. The lowest BCUT2D eigenvalue weighted by atomic mass is 9.81. The second kappa shape index (κ2) is 11.6. The van der Waals surface area contributed by atoms with Gasteiger partial charge < -0.3 is 36.3 Å². The molecule has 3 aromatic carbocycles. The third-order valence-corrected chi connectivity index (χ3v) is 6.79. The van der Waals surface area contributed by atoms with Gasteiger partial charge in [-0.2, -0.15) is 0 Å². The van der Waals surface area contributed by atoms with Crippen LogP contribution in [0.4, 0.5) is 0 Å². The Kier molecular flexibility index (Phi) is 8.34. The number of para-hydroxylation sites is 1. The zero-order valence-corrected chi connectivity index (χ0v) is 21.0. The van der Waals surface area contributed by atoms with Crippen LogP contribution in [0.15, 0.2) is 78.4 Å². The Morgan fingerprint density at radius 3 is 2.31 bits per heavy atom.